The van der Waals surface area contributed by atoms with Crippen molar-refractivity contribution in [3.8, 4) is 0 Å². The number of carbonyl (C=O) groups excluding carboxylic acids is 2. The number of nitrogens with zero attached hydrogens (tertiary/aromatic N) is 1. The third-order valence-electron chi connectivity index (χ3n) is 7.08. The second-order valence-electron chi connectivity index (χ2n) is 11.1. The van der Waals surface area contributed by atoms with Crippen molar-refractivity contribution < 1.29 is 24.3 Å². The van der Waals surface area contributed by atoms with Gasteiger partial charge in [-0.1, -0.05) is 25.7 Å². The third kappa shape index (κ3) is 9.71. The maximum Gasteiger partial charge on any atom is 0.321 e. The highest BCUT2D eigenvalue weighted by Gasteiger charge is 2.45. The zero-order valence-electron chi connectivity index (χ0n) is 21.0. The molecule has 1 amide bonds. The number of nitrogens with one attached hydrogen (secondary N) is 1. The molecule has 3 rings (SSSR count). The summed E-state index contributed by atoms with van der Waals surface area (Å²) in [5.74, 6) is -0.391. The zero-order chi connectivity index (χ0) is 24.5. The minimum absolute atomic E-state index is 0.0174. The van der Waals surface area contributed by atoms with Gasteiger partial charge in [-0.3, -0.25) is 19.3 Å². The molecule has 0 aromatic rings. The van der Waals surface area contributed by atoms with E-state index in [0.717, 1.165) is 25.7 Å². The summed E-state index contributed by atoms with van der Waals surface area (Å²) in [4.78, 5) is 30.8. The Kier molecular flexibility index (Phi) is 11.4. The van der Waals surface area contributed by atoms with Gasteiger partial charge in [0.2, 0.25) is 0 Å². The van der Waals surface area contributed by atoms with E-state index in [1.165, 1.54) is 38.5 Å². The highest BCUT2D eigenvalue weighted by atomic mass is 35.5. The highest BCUT2D eigenvalue weighted by molar-refractivity contribution is 6.26. The van der Waals surface area contributed by atoms with Crippen LogP contribution in [0.5, 0.6) is 0 Å². The molecule has 0 spiro atoms. The second-order valence-corrected chi connectivity index (χ2v) is 11.3. The number of likely N-dealkylation sites (tertiary alicyclic amines) is 1. The standard InChI is InChI=1S/C17H32N2O3.C8H13ClO2/c1-16(2)10-13(20)11-17(3,4)19(16)12-15(21)18-22-14-8-6-5-7-9-14;9-6-8(10)11-7-4-2-1-3-5-7/h13-14,20H,5-12H2,1-4H3,(H,18,21);7H,1-6H2. The van der Waals surface area contributed by atoms with Crippen molar-refractivity contribution in [1.29, 1.82) is 0 Å². The number of hydrogen-bond donors (Lipinski definition) is 2. The number of halogens is 1. The van der Waals surface area contributed by atoms with Gasteiger partial charge in [-0.25, -0.2) is 5.48 Å². The number of piperidine rings is 1. The molecule has 0 atom stereocenters. The quantitative estimate of drug-likeness (QED) is 0.325. The Hall–Kier alpha value is -0.890. The number of esters is 1. The van der Waals surface area contributed by atoms with Gasteiger partial charge >= 0.3 is 5.97 Å². The number of alkyl halides is 1. The van der Waals surface area contributed by atoms with E-state index in [1.54, 1.807) is 0 Å². The fourth-order valence-corrected chi connectivity index (χ4v) is 5.66. The maximum atomic E-state index is 12.3. The molecule has 0 bridgehead atoms. The Bertz CT molecular complexity index is 598. The van der Waals surface area contributed by atoms with E-state index in [9.17, 15) is 14.7 Å². The molecule has 1 saturated heterocycles. The molecule has 1 aliphatic heterocycles. The van der Waals surface area contributed by atoms with Gasteiger partial charge in [0.25, 0.3) is 5.91 Å². The van der Waals surface area contributed by atoms with E-state index in [1.807, 2.05) is 0 Å². The predicted octanol–water partition coefficient (Wildman–Crippen LogP) is 4.48. The van der Waals surface area contributed by atoms with Crippen molar-refractivity contribution in [2.45, 2.75) is 134 Å². The van der Waals surface area contributed by atoms with Gasteiger partial charge in [0.05, 0.1) is 18.8 Å². The van der Waals surface area contributed by atoms with Crippen LogP contribution in [0.15, 0.2) is 0 Å². The number of hydrogen-bond acceptors (Lipinski definition) is 6. The molecule has 192 valence electrons. The van der Waals surface area contributed by atoms with Crippen LogP contribution < -0.4 is 5.48 Å². The summed E-state index contributed by atoms with van der Waals surface area (Å²) in [5, 5.41) is 10.1. The number of rotatable bonds is 6. The molecule has 8 heteroatoms. The Labute approximate surface area is 204 Å². The summed E-state index contributed by atoms with van der Waals surface area (Å²) in [6, 6.07) is 0. The van der Waals surface area contributed by atoms with Gasteiger partial charge in [-0.05, 0) is 79.1 Å². The van der Waals surface area contributed by atoms with Gasteiger partial charge in [0.1, 0.15) is 12.0 Å². The van der Waals surface area contributed by atoms with Crippen molar-refractivity contribution in [2.75, 3.05) is 12.4 Å². The highest BCUT2D eigenvalue weighted by Crippen LogP contribution is 2.38. The van der Waals surface area contributed by atoms with Crippen LogP contribution in [0.3, 0.4) is 0 Å². The summed E-state index contributed by atoms with van der Waals surface area (Å²) < 4.78 is 5.07. The molecule has 7 nitrogen and oxygen atoms in total. The first kappa shape index (κ1) is 28.3. The lowest BCUT2D eigenvalue weighted by Crippen LogP contribution is -2.63. The third-order valence-corrected chi connectivity index (χ3v) is 7.30. The largest absolute Gasteiger partial charge is 0.461 e. The molecule has 2 aliphatic carbocycles. The van der Waals surface area contributed by atoms with E-state index < -0.39 is 0 Å². The minimum Gasteiger partial charge on any atom is -0.461 e. The Morgan fingerprint density at radius 3 is 1.88 bits per heavy atom. The Morgan fingerprint density at radius 2 is 1.39 bits per heavy atom. The molecule has 33 heavy (non-hydrogen) atoms. The van der Waals surface area contributed by atoms with Gasteiger partial charge in [-0.15, -0.1) is 11.6 Å². The van der Waals surface area contributed by atoms with Crippen molar-refractivity contribution in [3.05, 3.63) is 0 Å². The van der Waals surface area contributed by atoms with Crippen molar-refractivity contribution in [1.82, 2.24) is 10.4 Å². The van der Waals surface area contributed by atoms with Crippen LogP contribution in [0.2, 0.25) is 0 Å². The molecule has 2 N–H and O–H groups in total. The topological polar surface area (TPSA) is 88.1 Å². The zero-order valence-corrected chi connectivity index (χ0v) is 21.8. The van der Waals surface area contributed by atoms with E-state index in [0.29, 0.717) is 19.4 Å². The van der Waals surface area contributed by atoms with Crippen LogP contribution in [-0.4, -0.2) is 63.7 Å². The lowest BCUT2D eigenvalue weighted by atomic mass is 9.78. The van der Waals surface area contributed by atoms with Crippen molar-refractivity contribution in [2.24, 2.45) is 0 Å². The number of carbonyl (C=O) groups is 2. The van der Waals surface area contributed by atoms with E-state index in [4.69, 9.17) is 21.2 Å². The predicted molar refractivity (Wildman–Crippen MR) is 130 cm³/mol. The molecular formula is C25H45ClN2O5. The molecule has 0 unspecified atom stereocenters. The summed E-state index contributed by atoms with van der Waals surface area (Å²) in [6.07, 6.45) is 12.8. The number of aliphatic hydroxyl groups is 1. The fourth-order valence-electron chi connectivity index (χ4n) is 5.60. The van der Waals surface area contributed by atoms with Crippen LogP contribution in [0, 0.1) is 0 Å². The average Bonchev–Trinajstić information content (AvgIpc) is 2.76. The molecule has 0 aromatic heterocycles. The number of ether oxygens (including phenoxy) is 1. The first-order valence-corrected chi connectivity index (χ1v) is 13.2. The Morgan fingerprint density at radius 1 is 0.909 bits per heavy atom. The first-order valence-electron chi connectivity index (χ1n) is 12.7. The summed E-state index contributed by atoms with van der Waals surface area (Å²) >= 11 is 5.30. The number of amides is 1. The number of aliphatic hydroxyl groups excluding tert-OH is 1. The van der Waals surface area contributed by atoms with Gasteiger partial charge < -0.3 is 9.84 Å². The normalized spacial score (nSPS) is 24.4. The molecule has 0 radical (unpaired) electrons. The molecular weight excluding hydrogens is 444 g/mol. The first-order chi connectivity index (χ1) is 15.5. The lowest BCUT2D eigenvalue weighted by molar-refractivity contribution is -0.149. The summed E-state index contributed by atoms with van der Waals surface area (Å²) in [5.41, 5.74) is 2.23. The monoisotopic (exact) mass is 488 g/mol. The van der Waals surface area contributed by atoms with E-state index in [2.05, 4.69) is 38.1 Å². The lowest BCUT2D eigenvalue weighted by Gasteiger charge is -2.54. The molecule has 1 heterocycles. The van der Waals surface area contributed by atoms with Gasteiger partial charge in [0.15, 0.2) is 0 Å². The van der Waals surface area contributed by atoms with Crippen LogP contribution in [-0.2, 0) is 19.2 Å². The number of hydroxylamine groups is 1. The Balaban J connectivity index is 0.000000294. The SMILES string of the molecule is CC1(C)CC(O)CC(C)(C)N1CC(=O)NOC1CCCCC1.O=C(CCl)OC1CCCCC1. The van der Waals surface area contributed by atoms with Crippen molar-refractivity contribution in [3.63, 3.8) is 0 Å². The van der Waals surface area contributed by atoms with Gasteiger partial charge in [0, 0.05) is 11.1 Å². The van der Waals surface area contributed by atoms with Crippen LogP contribution >= 0.6 is 11.6 Å². The maximum absolute atomic E-state index is 12.3. The van der Waals surface area contributed by atoms with Crippen LogP contribution in [0.25, 0.3) is 0 Å². The summed E-state index contributed by atoms with van der Waals surface area (Å²) in [6.45, 7) is 8.66. The molecule has 3 aliphatic rings. The fraction of sp³-hybridized carbons (Fsp3) is 0.920. The second kappa shape index (κ2) is 13.3. The molecule has 3 fully saturated rings. The minimum atomic E-state index is -0.303. The van der Waals surface area contributed by atoms with Crippen molar-refractivity contribution >= 4 is 23.5 Å². The molecule has 2 saturated carbocycles. The van der Waals surface area contributed by atoms with Crippen LogP contribution in [0.4, 0.5) is 0 Å². The van der Waals surface area contributed by atoms with E-state index in [-0.39, 0.29) is 47.1 Å². The average molecular weight is 489 g/mol. The molecule has 0 aromatic carbocycles. The smallest absolute Gasteiger partial charge is 0.321 e. The van der Waals surface area contributed by atoms with E-state index >= 15 is 0 Å². The van der Waals surface area contributed by atoms with Gasteiger partial charge in [-0.2, -0.15) is 0 Å². The van der Waals surface area contributed by atoms with Crippen LogP contribution in [0.1, 0.15) is 105 Å². The summed E-state index contributed by atoms with van der Waals surface area (Å²) in [7, 11) is 0.